The summed E-state index contributed by atoms with van der Waals surface area (Å²) >= 11 is 0. The number of aliphatic hydroxyl groups is 1. The van der Waals surface area contributed by atoms with Crippen LogP contribution in [-0.2, 0) is 0 Å². The minimum atomic E-state index is -0.0654. The molecule has 0 saturated carbocycles. The van der Waals surface area contributed by atoms with E-state index < -0.39 is 0 Å². The Hall–Kier alpha value is -0.120. The molecule has 3 nitrogen and oxygen atoms in total. The summed E-state index contributed by atoms with van der Waals surface area (Å²) in [5, 5.41) is 12.6. The number of nitrogens with zero attached hydrogens (tertiary/aromatic N) is 1. The third kappa shape index (κ3) is 1.55. The zero-order valence-electron chi connectivity index (χ0n) is 6.79. The predicted octanol–water partition coefficient (Wildman–Crippen LogP) is -0.585. The highest BCUT2D eigenvalue weighted by Gasteiger charge is 2.28. The van der Waals surface area contributed by atoms with E-state index in [0.717, 1.165) is 32.5 Å². The number of hydrogen-bond donors (Lipinski definition) is 2. The van der Waals surface area contributed by atoms with Crippen LogP contribution in [0.5, 0.6) is 0 Å². The van der Waals surface area contributed by atoms with Crippen molar-refractivity contribution in [2.75, 3.05) is 26.2 Å². The second-order valence-electron chi connectivity index (χ2n) is 3.60. The Bertz CT molecular complexity index is 136. The number of nitrogens with one attached hydrogen (secondary N) is 1. The highest BCUT2D eigenvalue weighted by atomic mass is 16.3. The van der Waals surface area contributed by atoms with Gasteiger partial charge in [-0.15, -0.1) is 0 Å². The van der Waals surface area contributed by atoms with Gasteiger partial charge in [-0.25, -0.2) is 0 Å². The molecule has 0 radical (unpaired) electrons. The van der Waals surface area contributed by atoms with E-state index in [2.05, 4.69) is 10.2 Å². The first-order chi connectivity index (χ1) is 5.36. The normalized spacial score (nSPS) is 35.2. The molecule has 2 heterocycles. The summed E-state index contributed by atoms with van der Waals surface area (Å²) < 4.78 is 0. The van der Waals surface area contributed by atoms with Gasteiger partial charge in [-0.3, -0.25) is 4.90 Å². The summed E-state index contributed by atoms with van der Waals surface area (Å²) in [5.74, 6) is 0. The summed E-state index contributed by atoms with van der Waals surface area (Å²) in [7, 11) is 0. The first kappa shape index (κ1) is 7.53. The zero-order valence-corrected chi connectivity index (χ0v) is 6.79. The number of hydrogen-bond acceptors (Lipinski definition) is 3. The largest absolute Gasteiger partial charge is 0.392 e. The van der Waals surface area contributed by atoms with Gasteiger partial charge < -0.3 is 10.4 Å². The van der Waals surface area contributed by atoms with Gasteiger partial charge in [-0.2, -0.15) is 0 Å². The molecule has 0 bridgehead atoms. The van der Waals surface area contributed by atoms with E-state index in [0.29, 0.717) is 6.04 Å². The minimum Gasteiger partial charge on any atom is -0.392 e. The Morgan fingerprint density at radius 1 is 1.36 bits per heavy atom. The quantitative estimate of drug-likeness (QED) is 0.533. The smallest absolute Gasteiger partial charge is 0.0667 e. The van der Waals surface area contributed by atoms with E-state index in [1.807, 2.05) is 0 Å². The Labute approximate surface area is 67.4 Å². The van der Waals surface area contributed by atoms with Gasteiger partial charge in [-0.05, 0) is 19.4 Å². The lowest BCUT2D eigenvalue weighted by molar-refractivity contribution is 0.0319. The Kier molecular flexibility index (Phi) is 2.11. The van der Waals surface area contributed by atoms with Crippen molar-refractivity contribution in [2.45, 2.75) is 25.0 Å². The maximum Gasteiger partial charge on any atom is 0.0667 e. The zero-order chi connectivity index (χ0) is 7.68. The van der Waals surface area contributed by atoms with Gasteiger partial charge in [0.15, 0.2) is 0 Å². The van der Waals surface area contributed by atoms with Crippen LogP contribution < -0.4 is 5.32 Å². The van der Waals surface area contributed by atoms with Crippen molar-refractivity contribution in [1.82, 2.24) is 10.2 Å². The summed E-state index contributed by atoms with van der Waals surface area (Å²) in [6.07, 6.45) is 2.10. The van der Waals surface area contributed by atoms with Gasteiger partial charge in [0.2, 0.25) is 0 Å². The molecule has 64 valence electrons. The third-order valence-corrected chi connectivity index (χ3v) is 2.70. The minimum absolute atomic E-state index is 0.0654. The molecule has 2 saturated heterocycles. The molecule has 2 aliphatic rings. The van der Waals surface area contributed by atoms with Gasteiger partial charge in [0.25, 0.3) is 0 Å². The molecule has 2 N–H and O–H groups in total. The van der Waals surface area contributed by atoms with Crippen LogP contribution in [0.3, 0.4) is 0 Å². The van der Waals surface area contributed by atoms with Crippen LogP contribution >= 0.6 is 0 Å². The van der Waals surface area contributed by atoms with Crippen molar-refractivity contribution >= 4 is 0 Å². The van der Waals surface area contributed by atoms with Crippen LogP contribution in [0.1, 0.15) is 12.8 Å². The Morgan fingerprint density at radius 2 is 2.18 bits per heavy atom. The van der Waals surface area contributed by atoms with Gasteiger partial charge in [0.1, 0.15) is 0 Å². The van der Waals surface area contributed by atoms with Crippen LogP contribution in [0.15, 0.2) is 0 Å². The van der Waals surface area contributed by atoms with Crippen molar-refractivity contribution in [3.63, 3.8) is 0 Å². The second-order valence-corrected chi connectivity index (χ2v) is 3.60. The fourth-order valence-corrected chi connectivity index (χ4v) is 1.85. The summed E-state index contributed by atoms with van der Waals surface area (Å²) in [6.45, 7) is 4.31. The first-order valence-corrected chi connectivity index (χ1v) is 4.49. The van der Waals surface area contributed by atoms with E-state index in [4.69, 9.17) is 0 Å². The highest BCUT2D eigenvalue weighted by Crippen LogP contribution is 2.14. The predicted molar refractivity (Wildman–Crippen MR) is 43.5 cm³/mol. The summed E-state index contributed by atoms with van der Waals surface area (Å²) in [6, 6.07) is 0.713. The monoisotopic (exact) mass is 156 g/mol. The molecule has 2 aliphatic heterocycles. The standard InChI is InChI=1S/C8H16N2O/c11-8-2-1-3-10(6-8)7-4-9-5-7/h7-9,11H,1-6H2. The Balaban J connectivity index is 1.82. The number of likely N-dealkylation sites (tertiary alicyclic amines) is 1. The van der Waals surface area contributed by atoms with Crippen LogP contribution in [0.25, 0.3) is 0 Å². The molecular formula is C8H16N2O. The Morgan fingerprint density at radius 3 is 2.73 bits per heavy atom. The van der Waals surface area contributed by atoms with E-state index >= 15 is 0 Å². The van der Waals surface area contributed by atoms with Crippen molar-refractivity contribution in [1.29, 1.82) is 0 Å². The van der Waals surface area contributed by atoms with E-state index in [1.54, 1.807) is 0 Å². The molecule has 2 fully saturated rings. The van der Waals surface area contributed by atoms with E-state index in [1.165, 1.54) is 6.54 Å². The molecule has 0 spiro atoms. The van der Waals surface area contributed by atoms with Crippen molar-refractivity contribution in [3.8, 4) is 0 Å². The SMILES string of the molecule is OC1CCCN(C2CNC2)C1. The number of piperidine rings is 1. The van der Waals surface area contributed by atoms with Gasteiger partial charge in [-0.1, -0.05) is 0 Å². The summed E-state index contributed by atoms with van der Waals surface area (Å²) in [5.41, 5.74) is 0. The number of aliphatic hydroxyl groups excluding tert-OH is 1. The fraction of sp³-hybridized carbons (Fsp3) is 1.00. The molecule has 0 aromatic rings. The second kappa shape index (κ2) is 3.09. The van der Waals surface area contributed by atoms with Crippen LogP contribution in [-0.4, -0.2) is 48.3 Å². The van der Waals surface area contributed by atoms with Crippen molar-refractivity contribution in [2.24, 2.45) is 0 Å². The third-order valence-electron chi connectivity index (χ3n) is 2.70. The van der Waals surface area contributed by atoms with Crippen molar-refractivity contribution < 1.29 is 5.11 Å². The number of β-amino-alcohol motifs (C(OH)–C–C–N with tert-alkyl or cyclic N) is 1. The maximum absolute atomic E-state index is 9.39. The average molecular weight is 156 g/mol. The molecule has 1 atom stereocenters. The molecular weight excluding hydrogens is 140 g/mol. The van der Waals surface area contributed by atoms with E-state index in [9.17, 15) is 5.11 Å². The van der Waals surface area contributed by atoms with Crippen LogP contribution in [0.2, 0.25) is 0 Å². The molecule has 0 aromatic heterocycles. The molecule has 0 aromatic carbocycles. The summed E-state index contributed by atoms with van der Waals surface area (Å²) in [4.78, 5) is 2.41. The lowest BCUT2D eigenvalue weighted by Gasteiger charge is -2.41. The van der Waals surface area contributed by atoms with Crippen molar-refractivity contribution in [3.05, 3.63) is 0 Å². The topological polar surface area (TPSA) is 35.5 Å². The van der Waals surface area contributed by atoms with Crippen LogP contribution in [0.4, 0.5) is 0 Å². The average Bonchev–Trinajstić information content (AvgIpc) is 1.83. The lowest BCUT2D eigenvalue weighted by atomic mass is 10.0. The molecule has 11 heavy (non-hydrogen) atoms. The molecule has 3 heteroatoms. The fourth-order valence-electron chi connectivity index (χ4n) is 1.85. The van der Waals surface area contributed by atoms with E-state index in [-0.39, 0.29) is 6.10 Å². The van der Waals surface area contributed by atoms with Gasteiger partial charge in [0, 0.05) is 25.7 Å². The number of rotatable bonds is 1. The maximum atomic E-state index is 9.39. The first-order valence-electron chi connectivity index (χ1n) is 4.49. The molecule has 0 aliphatic carbocycles. The van der Waals surface area contributed by atoms with Gasteiger partial charge >= 0.3 is 0 Å². The van der Waals surface area contributed by atoms with Gasteiger partial charge in [0.05, 0.1) is 6.10 Å². The van der Waals surface area contributed by atoms with Crippen LogP contribution in [0, 0.1) is 0 Å². The molecule has 0 amide bonds. The molecule has 1 unspecified atom stereocenters. The molecule has 2 rings (SSSR count). The lowest BCUT2D eigenvalue weighted by Crippen LogP contribution is -2.59. The highest BCUT2D eigenvalue weighted by molar-refractivity contribution is 4.87.